The summed E-state index contributed by atoms with van der Waals surface area (Å²) >= 11 is 1.39. The van der Waals surface area contributed by atoms with Gasteiger partial charge < -0.3 is 5.32 Å². The highest BCUT2D eigenvalue weighted by atomic mass is 32.2. The average molecular weight is 239 g/mol. The third kappa shape index (κ3) is 4.98. The fourth-order valence-electron chi connectivity index (χ4n) is 1.04. The van der Waals surface area contributed by atoms with Gasteiger partial charge in [0.05, 0.1) is 5.75 Å². The molecule has 0 aliphatic heterocycles. The summed E-state index contributed by atoms with van der Waals surface area (Å²) in [5.41, 5.74) is 0. The molecule has 0 saturated carbocycles. The van der Waals surface area contributed by atoms with Crippen LogP contribution in [0.3, 0.4) is 0 Å². The SMILES string of the molecule is C=CCCNC(=O)CSc1ccc(F)cc1. The Bertz CT molecular complexity index is 351. The number of carbonyl (C=O) groups excluding carboxylic acids is 1. The number of amides is 1. The molecule has 0 bridgehead atoms. The maximum Gasteiger partial charge on any atom is 0.230 e. The van der Waals surface area contributed by atoms with E-state index in [-0.39, 0.29) is 11.7 Å². The molecule has 1 N–H and O–H groups in total. The number of halogens is 1. The van der Waals surface area contributed by atoms with Crippen LogP contribution in [-0.4, -0.2) is 18.2 Å². The van der Waals surface area contributed by atoms with Crippen molar-refractivity contribution < 1.29 is 9.18 Å². The lowest BCUT2D eigenvalue weighted by molar-refractivity contribution is -0.118. The monoisotopic (exact) mass is 239 g/mol. The molecule has 0 unspecified atom stereocenters. The molecule has 0 aliphatic carbocycles. The average Bonchev–Trinajstić information content (AvgIpc) is 2.29. The second kappa shape index (κ2) is 7.06. The van der Waals surface area contributed by atoms with Crippen LogP contribution in [0.4, 0.5) is 4.39 Å². The second-order valence-corrected chi connectivity index (χ2v) is 4.22. The van der Waals surface area contributed by atoms with E-state index < -0.39 is 0 Å². The fraction of sp³-hybridized carbons (Fsp3) is 0.250. The van der Waals surface area contributed by atoms with Crippen molar-refractivity contribution in [3.8, 4) is 0 Å². The molecule has 0 atom stereocenters. The van der Waals surface area contributed by atoms with E-state index in [0.717, 1.165) is 11.3 Å². The Morgan fingerprint density at radius 2 is 2.12 bits per heavy atom. The van der Waals surface area contributed by atoms with Crippen molar-refractivity contribution in [1.82, 2.24) is 5.32 Å². The van der Waals surface area contributed by atoms with Gasteiger partial charge in [0.25, 0.3) is 0 Å². The van der Waals surface area contributed by atoms with E-state index in [1.165, 1.54) is 23.9 Å². The minimum Gasteiger partial charge on any atom is -0.355 e. The van der Waals surface area contributed by atoms with Gasteiger partial charge in [0.2, 0.25) is 5.91 Å². The lowest BCUT2D eigenvalue weighted by atomic mass is 10.4. The van der Waals surface area contributed by atoms with Crippen LogP contribution in [0.15, 0.2) is 41.8 Å². The van der Waals surface area contributed by atoms with E-state index in [0.29, 0.717) is 12.3 Å². The Balaban J connectivity index is 2.26. The van der Waals surface area contributed by atoms with Crippen molar-refractivity contribution in [3.05, 3.63) is 42.7 Å². The maximum absolute atomic E-state index is 12.6. The normalized spacial score (nSPS) is 9.81. The van der Waals surface area contributed by atoms with Crippen LogP contribution in [0, 0.1) is 5.82 Å². The highest BCUT2D eigenvalue weighted by Crippen LogP contribution is 2.17. The van der Waals surface area contributed by atoms with Crippen LogP contribution in [-0.2, 0) is 4.79 Å². The first-order chi connectivity index (χ1) is 7.72. The lowest BCUT2D eigenvalue weighted by Gasteiger charge is -2.03. The second-order valence-electron chi connectivity index (χ2n) is 3.17. The van der Waals surface area contributed by atoms with E-state index in [1.54, 1.807) is 18.2 Å². The minimum absolute atomic E-state index is 0.0174. The van der Waals surface area contributed by atoms with E-state index in [9.17, 15) is 9.18 Å². The minimum atomic E-state index is -0.264. The van der Waals surface area contributed by atoms with Crippen LogP contribution in [0.1, 0.15) is 6.42 Å². The standard InChI is InChI=1S/C12H14FNOS/c1-2-3-8-14-12(15)9-16-11-6-4-10(13)5-7-11/h2,4-7H,1,3,8-9H2,(H,14,15). The van der Waals surface area contributed by atoms with Crippen LogP contribution >= 0.6 is 11.8 Å². The van der Waals surface area contributed by atoms with Crippen LogP contribution in [0.5, 0.6) is 0 Å². The summed E-state index contributed by atoms with van der Waals surface area (Å²) in [7, 11) is 0. The number of carbonyl (C=O) groups is 1. The van der Waals surface area contributed by atoms with Crippen LogP contribution in [0.2, 0.25) is 0 Å². The smallest absolute Gasteiger partial charge is 0.230 e. The van der Waals surface area contributed by atoms with Gasteiger partial charge in [0.15, 0.2) is 0 Å². The molecule has 0 aromatic heterocycles. The van der Waals surface area contributed by atoms with Gasteiger partial charge in [-0.25, -0.2) is 4.39 Å². The van der Waals surface area contributed by atoms with Crippen molar-refractivity contribution in [2.45, 2.75) is 11.3 Å². The van der Waals surface area contributed by atoms with Gasteiger partial charge in [-0.3, -0.25) is 4.79 Å². The predicted octanol–water partition coefficient (Wildman–Crippen LogP) is 2.61. The number of thioether (sulfide) groups is 1. The van der Waals surface area contributed by atoms with Gasteiger partial charge >= 0.3 is 0 Å². The Hall–Kier alpha value is -1.29. The van der Waals surface area contributed by atoms with E-state index in [2.05, 4.69) is 11.9 Å². The van der Waals surface area contributed by atoms with E-state index in [4.69, 9.17) is 0 Å². The summed E-state index contributed by atoms with van der Waals surface area (Å²) in [6.45, 7) is 4.18. The van der Waals surface area contributed by atoms with Crippen molar-refractivity contribution in [2.24, 2.45) is 0 Å². The molecule has 0 radical (unpaired) electrons. The van der Waals surface area contributed by atoms with Gasteiger partial charge in [0.1, 0.15) is 5.82 Å². The zero-order valence-corrected chi connectivity index (χ0v) is 9.73. The van der Waals surface area contributed by atoms with Gasteiger partial charge in [-0.1, -0.05) is 6.08 Å². The molecule has 2 nitrogen and oxygen atoms in total. The molecule has 4 heteroatoms. The molecule has 0 saturated heterocycles. The first kappa shape index (κ1) is 12.8. The Morgan fingerprint density at radius 3 is 2.75 bits per heavy atom. The maximum atomic E-state index is 12.6. The van der Waals surface area contributed by atoms with Crippen LogP contribution < -0.4 is 5.32 Å². The summed E-state index contributed by atoms with van der Waals surface area (Å²) in [5.74, 6) is 0.0685. The van der Waals surface area contributed by atoms with Crippen molar-refractivity contribution in [3.63, 3.8) is 0 Å². The summed E-state index contributed by atoms with van der Waals surface area (Å²) in [5, 5.41) is 2.76. The number of benzene rings is 1. The molecule has 1 aromatic rings. The van der Waals surface area contributed by atoms with Gasteiger partial charge in [-0.2, -0.15) is 0 Å². The number of nitrogens with one attached hydrogen (secondary N) is 1. The molecule has 0 aliphatic rings. The summed E-state index contributed by atoms with van der Waals surface area (Å²) in [6, 6.07) is 6.10. The summed E-state index contributed by atoms with van der Waals surface area (Å²) in [4.78, 5) is 12.2. The summed E-state index contributed by atoms with van der Waals surface area (Å²) < 4.78 is 12.6. The molecule has 1 rings (SSSR count). The topological polar surface area (TPSA) is 29.1 Å². The zero-order chi connectivity index (χ0) is 11.8. The molecule has 0 fully saturated rings. The third-order valence-corrected chi connectivity index (χ3v) is 2.87. The molecular weight excluding hydrogens is 225 g/mol. The molecule has 1 amide bonds. The molecule has 0 heterocycles. The van der Waals surface area contributed by atoms with E-state index >= 15 is 0 Å². The van der Waals surface area contributed by atoms with Crippen molar-refractivity contribution >= 4 is 17.7 Å². The lowest BCUT2D eigenvalue weighted by Crippen LogP contribution is -2.25. The highest BCUT2D eigenvalue weighted by molar-refractivity contribution is 8.00. The van der Waals surface area contributed by atoms with Crippen LogP contribution in [0.25, 0.3) is 0 Å². The molecule has 0 spiro atoms. The molecular formula is C12H14FNOS. The Kier molecular flexibility index (Phi) is 5.64. The largest absolute Gasteiger partial charge is 0.355 e. The first-order valence-electron chi connectivity index (χ1n) is 4.98. The highest BCUT2D eigenvalue weighted by Gasteiger charge is 2.01. The molecule has 16 heavy (non-hydrogen) atoms. The van der Waals surface area contributed by atoms with E-state index in [1.807, 2.05) is 0 Å². The van der Waals surface area contributed by atoms with Gasteiger partial charge in [-0.05, 0) is 30.7 Å². The van der Waals surface area contributed by atoms with Crippen molar-refractivity contribution in [1.29, 1.82) is 0 Å². The Morgan fingerprint density at radius 1 is 1.44 bits per heavy atom. The molecule has 86 valence electrons. The zero-order valence-electron chi connectivity index (χ0n) is 8.91. The molecule has 1 aromatic carbocycles. The predicted molar refractivity (Wildman–Crippen MR) is 64.9 cm³/mol. The summed E-state index contributed by atoms with van der Waals surface area (Å²) in [6.07, 6.45) is 2.53. The van der Waals surface area contributed by atoms with Gasteiger partial charge in [0, 0.05) is 11.4 Å². The van der Waals surface area contributed by atoms with Gasteiger partial charge in [-0.15, -0.1) is 18.3 Å². The van der Waals surface area contributed by atoms with Crippen molar-refractivity contribution in [2.75, 3.05) is 12.3 Å². The fourth-order valence-corrected chi connectivity index (χ4v) is 1.77. The number of hydrogen-bond donors (Lipinski definition) is 1. The first-order valence-corrected chi connectivity index (χ1v) is 5.97. The third-order valence-electron chi connectivity index (χ3n) is 1.85. The number of hydrogen-bond acceptors (Lipinski definition) is 2. The quantitative estimate of drug-likeness (QED) is 0.469. The Labute approximate surface area is 98.9 Å². The number of rotatable bonds is 6.